The number of rotatable bonds is 8. The highest BCUT2D eigenvalue weighted by atomic mass is 32.2. The van der Waals surface area contributed by atoms with E-state index in [1.165, 1.54) is 32.4 Å². The number of nitrogen functional groups attached to an aromatic ring is 2. The van der Waals surface area contributed by atoms with E-state index in [1.807, 2.05) is 36.4 Å². The average molecular weight is 358 g/mol. The number of unbranched alkanes of at least 4 members (excludes halogenated alkanes) is 1. The van der Waals surface area contributed by atoms with Crippen molar-refractivity contribution in [1.29, 1.82) is 0 Å². The summed E-state index contributed by atoms with van der Waals surface area (Å²) in [4.78, 5) is 2.17. The van der Waals surface area contributed by atoms with Gasteiger partial charge in [-0.1, -0.05) is 23.9 Å². The second-order valence-electron chi connectivity index (χ2n) is 6.54. The van der Waals surface area contributed by atoms with Gasteiger partial charge in [-0.2, -0.15) is 0 Å². The Hall–Kier alpha value is -1.85. The Morgan fingerprint density at radius 1 is 1.08 bits per heavy atom. The van der Waals surface area contributed by atoms with Crippen LogP contribution in [-0.4, -0.2) is 19.7 Å². The first-order valence-corrected chi connectivity index (χ1v) is 9.79. The standard InChI is InChI=1S/C20H27N3OS/c21-17-9-8-16(13-18(17)22)25-20-7-2-1-6-19(20)24-12-4-3-5-15-10-11-23-14-15/h1-2,6-9,13,15,23H,3-5,10-12,14,21-22H2. The monoisotopic (exact) mass is 357 g/mol. The normalized spacial score (nSPS) is 16.9. The summed E-state index contributed by atoms with van der Waals surface area (Å²) in [6, 6.07) is 13.9. The molecule has 1 atom stereocenters. The number of nitrogens with two attached hydrogens (primary N) is 2. The van der Waals surface area contributed by atoms with Gasteiger partial charge >= 0.3 is 0 Å². The third-order valence-corrected chi connectivity index (χ3v) is 5.61. The highest BCUT2D eigenvalue weighted by Crippen LogP contribution is 2.36. The number of hydrogen-bond acceptors (Lipinski definition) is 5. The molecule has 134 valence electrons. The van der Waals surface area contributed by atoms with Crippen LogP contribution < -0.4 is 21.5 Å². The lowest BCUT2D eigenvalue weighted by Crippen LogP contribution is -2.09. The van der Waals surface area contributed by atoms with Gasteiger partial charge in [-0.05, 0) is 75.0 Å². The van der Waals surface area contributed by atoms with Crippen molar-refractivity contribution in [3.05, 3.63) is 42.5 Å². The topological polar surface area (TPSA) is 73.3 Å². The van der Waals surface area contributed by atoms with Crippen molar-refractivity contribution >= 4 is 23.1 Å². The maximum Gasteiger partial charge on any atom is 0.133 e. The van der Waals surface area contributed by atoms with Crippen LogP contribution in [0.1, 0.15) is 25.7 Å². The van der Waals surface area contributed by atoms with E-state index in [4.69, 9.17) is 16.2 Å². The number of para-hydroxylation sites is 1. The van der Waals surface area contributed by atoms with Gasteiger partial charge in [-0.3, -0.25) is 0 Å². The zero-order valence-electron chi connectivity index (χ0n) is 14.5. The Labute approximate surface area is 154 Å². The fourth-order valence-corrected chi connectivity index (χ4v) is 4.03. The average Bonchev–Trinajstić information content (AvgIpc) is 3.13. The molecule has 0 radical (unpaired) electrons. The highest BCUT2D eigenvalue weighted by Gasteiger charge is 2.13. The fraction of sp³-hybridized carbons (Fsp3) is 0.400. The molecule has 0 amide bonds. The molecule has 4 nitrogen and oxygen atoms in total. The van der Waals surface area contributed by atoms with Gasteiger partial charge in [0, 0.05) is 4.90 Å². The van der Waals surface area contributed by atoms with Crippen molar-refractivity contribution < 1.29 is 4.74 Å². The van der Waals surface area contributed by atoms with Gasteiger partial charge in [0.1, 0.15) is 5.75 Å². The Morgan fingerprint density at radius 3 is 2.76 bits per heavy atom. The molecule has 2 aromatic rings. The van der Waals surface area contributed by atoms with Crippen LogP contribution in [0.2, 0.25) is 0 Å². The van der Waals surface area contributed by atoms with Crippen LogP contribution in [0.15, 0.2) is 52.3 Å². The molecule has 5 heteroatoms. The summed E-state index contributed by atoms with van der Waals surface area (Å²) in [7, 11) is 0. The van der Waals surface area contributed by atoms with E-state index in [1.54, 1.807) is 11.8 Å². The first-order valence-electron chi connectivity index (χ1n) is 8.98. The molecule has 0 aliphatic carbocycles. The van der Waals surface area contributed by atoms with Crippen molar-refractivity contribution in [1.82, 2.24) is 5.32 Å². The summed E-state index contributed by atoms with van der Waals surface area (Å²) < 4.78 is 6.04. The van der Waals surface area contributed by atoms with Gasteiger partial charge in [0.25, 0.3) is 0 Å². The van der Waals surface area contributed by atoms with Crippen LogP contribution in [0.25, 0.3) is 0 Å². The molecule has 1 unspecified atom stereocenters. The first kappa shape index (κ1) is 18.0. The second kappa shape index (κ2) is 9.02. The van der Waals surface area contributed by atoms with E-state index < -0.39 is 0 Å². The summed E-state index contributed by atoms with van der Waals surface area (Å²) in [6.45, 7) is 3.13. The minimum absolute atomic E-state index is 0.616. The number of anilines is 2. The molecule has 3 rings (SSSR count). The van der Waals surface area contributed by atoms with Gasteiger partial charge in [-0.15, -0.1) is 0 Å². The molecule has 25 heavy (non-hydrogen) atoms. The Kier molecular flexibility index (Phi) is 6.48. The highest BCUT2D eigenvalue weighted by molar-refractivity contribution is 7.99. The molecule has 5 N–H and O–H groups in total. The van der Waals surface area contributed by atoms with Gasteiger partial charge in [-0.25, -0.2) is 0 Å². The van der Waals surface area contributed by atoms with Crippen LogP contribution in [0.5, 0.6) is 5.75 Å². The van der Waals surface area contributed by atoms with E-state index in [0.29, 0.717) is 11.4 Å². The molecule has 0 saturated carbocycles. The molecular weight excluding hydrogens is 330 g/mol. The summed E-state index contributed by atoms with van der Waals surface area (Å²) in [5.41, 5.74) is 12.9. The minimum atomic E-state index is 0.616. The van der Waals surface area contributed by atoms with Crippen molar-refractivity contribution in [2.45, 2.75) is 35.5 Å². The van der Waals surface area contributed by atoms with E-state index in [-0.39, 0.29) is 0 Å². The molecule has 0 aromatic heterocycles. The Morgan fingerprint density at radius 2 is 1.96 bits per heavy atom. The quantitative estimate of drug-likeness (QED) is 0.489. The molecule has 1 saturated heterocycles. The van der Waals surface area contributed by atoms with Gasteiger partial charge in [0.2, 0.25) is 0 Å². The van der Waals surface area contributed by atoms with E-state index in [2.05, 4.69) is 11.4 Å². The van der Waals surface area contributed by atoms with Crippen molar-refractivity contribution in [2.75, 3.05) is 31.2 Å². The summed E-state index contributed by atoms with van der Waals surface area (Å²) in [5, 5.41) is 3.43. The molecule has 0 spiro atoms. The Bertz CT molecular complexity index is 686. The predicted octanol–water partition coefficient (Wildman–Crippen LogP) is 4.16. The Balaban J connectivity index is 1.50. The lowest BCUT2D eigenvalue weighted by atomic mass is 10.0. The molecule has 1 heterocycles. The number of benzene rings is 2. The molecule has 2 aromatic carbocycles. The SMILES string of the molecule is Nc1ccc(Sc2ccccc2OCCCCC2CCNC2)cc1N. The largest absolute Gasteiger partial charge is 0.492 e. The summed E-state index contributed by atoms with van der Waals surface area (Å²) in [6.07, 6.45) is 4.96. The predicted molar refractivity (Wildman–Crippen MR) is 106 cm³/mol. The molecule has 1 fully saturated rings. The van der Waals surface area contributed by atoms with Gasteiger partial charge < -0.3 is 21.5 Å². The van der Waals surface area contributed by atoms with Crippen molar-refractivity contribution in [3.63, 3.8) is 0 Å². The van der Waals surface area contributed by atoms with Gasteiger partial charge in [0.15, 0.2) is 0 Å². The van der Waals surface area contributed by atoms with Crippen LogP contribution in [0, 0.1) is 5.92 Å². The fourth-order valence-electron chi connectivity index (χ4n) is 3.08. The second-order valence-corrected chi connectivity index (χ2v) is 7.66. The van der Waals surface area contributed by atoms with Gasteiger partial charge in [0.05, 0.1) is 22.9 Å². The van der Waals surface area contributed by atoms with E-state index in [0.717, 1.165) is 34.5 Å². The lowest BCUT2D eigenvalue weighted by Gasteiger charge is -2.12. The van der Waals surface area contributed by atoms with Crippen LogP contribution in [0.4, 0.5) is 11.4 Å². The van der Waals surface area contributed by atoms with Crippen molar-refractivity contribution in [3.8, 4) is 5.75 Å². The molecule has 1 aliphatic rings. The van der Waals surface area contributed by atoms with E-state index in [9.17, 15) is 0 Å². The zero-order valence-corrected chi connectivity index (χ0v) is 15.4. The zero-order chi connectivity index (χ0) is 17.5. The first-order chi connectivity index (χ1) is 12.2. The molecule has 1 aliphatic heterocycles. The summed E-state index contributed by atoms with van der Waals surface area (Å²) >= 11 is 1.65. The van der Waals surface area contributed by atoms with Crippen LogP contribution >= 0.6 is 11.8 Å². The third-order valence-electron chi connectivity index (χ3n) is 4.56. The van der Waals surface area contributed by atoms with Crippen LogP contribution in [0.3, 0.4) is 0 Å². The smallest absolute Gasteiger partial charge is 0.133 e. The minimum Gasteiger partial charge on any atom is -0.492 e. The summed E-state index contributed by atoms with van der Waals surface area (Å²) in [5.74, 6) is 1.80. The lowest BCUT2D eigenvalue weighted by molar-refractivity contribution is 0.294. The molecule has 0 bridgehead atoms. The number of hydrogen-bond donors (Lipinski definition) is 3. The number of nitrogens with one attached hydrogen (secondary N) is 1. The third kappa shape index (κ3) is 5.31. The molecular formula is C20H27N3OS. The maximum absolute atomic E-state index is 6.04. The van der Waals surface area contributed by atoms with Crippen LogP contribution in [-0.2, 0) is 0 Å². The number of ether oxygens (including phenoxy) is 1. The maximum atomic E-state index is 6.04. The van der Waals surface area contributed by atoms with Crippen molar-refractivity contribution in [2.24, 2.45) is 5.92 Å². The van der Waals surface area contributed by atoms with E-state index >= 15 is 0 Å².